The van der Waals surface area contributed by atoms with Crippen molar-refractivity contribution >= 4 is 11.7 Å². The van der Waals surface area contributed by atoms with Gasteiger partial charge >= 0.3 is 0 Å². The summed E-state index contributed by atoms with van der Waals surface area (Å²) in [5.74, 6) is 1.50. The second-order valence-electron chi connectivity index (χ2n) is 6.99. The van der Waals surface area contributed by atoms with Gasteiger partial charge < -0.3 is 15.0 Å². The molecule has 0 aromatic carbocycles. The van der Waals surface area contributed by atoms with E-state index in [1.165, 1.54) is 12.8 Å². The van der Waals surface area contributed by atoms with Crippen LogP contribution < -0.4 is 5.32 Å². The summed E-state index contributed by atoms with van der Waals surface area (Å²) in [6, 6.07) is 3.92. The molecule has 5 heteroatoms. The van der Waals surface area contributed by atoms with E-state index >= 15 is 0 Å². The van der Waals surface area contributed by atoms with E-state index in [1.54, 1.807) is 6.20 Å². The Kier molecular flexibility index (Phi) is 5.16. The lowest BCUT2D eigenvalue weighted by Gasteiger charge is -2.33. The quantitative estimate of drug-likeness (QED) is 0.876. The Bertz CT molecular complexity index is 543. The van der Waals surface area contributed by atoms with Gasteiger partial charge in [-0.15, -0.1) is 0 Å². The Morgan fingerprint density at radius 2 is 2.26 bits per heavy atom. The summed E-state index contributed by atoms with van der Waals surface area (Å²) in [6.07, 6.45) is 6.57. The van der Waals surface area contributed by atoms with E-state index in [0.717, 1.165) is 31.9 Å². The van der Waals surface area contributed by atoms with Crippen LogP contribution in [0, 0.1) is 5.92 Å². The van der Waals surface area contributed by atoms with E-state index in [-0.39, 0.29) is 18.1 Å². The smallest absolute Gasteiger partial charge is 0.257 e. The molecule has 0 radical (unpaired) electrons. The van der Waals surface area contributed by atoms with Gasteiger partial charge in [0, 0.05) is 31.9 Å². The molecule has 1 aromatic rings. The van der Waals surface area contributed by atoms with Gasteiger partial charge in [-0.1, -0.05) is 0 Å². The van der Waals surface area contributed by atoms with E-state index in [0.29, 0.717) is 17.9 Å². The first kappa shape index (κ1) is 16.2. The number of piperidine rings is 1. The average Bonchev–Trinajstić information content (AvgIpc) is 3.37. The minimum atomic E-state index is 0.0565. The highest BCUT2D eigenvalue weighted by Gasteiger charge is 2.29. The van der Waals surface area contributed by atoms with E-state index in [1.807, 2.05) is 30.9 Å². The predicted octanol–water partition coefficient (Wildman–Crippen LogP) is 2.93. The molecule has 2 heterocycles. The van der Waals surface area contributed by atoms with Crippen molar-refractivity contribution in [3.05, 3.63) is 23.9 Å². The maximum atomic E-state index is 12.9. The molecule has 2 fully saturated rings. The summed E-state index contributed by atoms with van der Waals surface area (Å²) < 4.78 is 5.99. The van der Waals surface area contributed by atoms with Crippen LogP contribution >= 0.6 is 0 Å². The van der Waals surface area contributed by atoms with Crippen molar-refractivity contribution in [2.45, 2.75) is 51.7 Å². The zero-order chi connectivity index (χ0) is 16.2. The Morgan fingerprint density at radius 1 is 1.43 bits per heavy atom. The number of anilines is 1. The number of amides is 1. The SMILES string of the molecule is CC(C)Nc1ncccc1C(=O)N1CCCC(OCC2CC2)C1. The second-order valence-corrected chi connectivity index (χ2v) is 6.99. The number of ether oxygens (including phenoxy) is 1. The molecule has 1 atom stereocenters. The molecule has 1 aromatic heterocycles. The second kappa shape index (κ2) is 7.30. The molecule has 5 nitrogen and oxygen atoms in total. The summed E-state index contributed by atoms with van der Waals surface area (Å²) in [5.41, 5.74) is 0.657. The molecule has 1 unspecified atom stereocenters. The number of rotatable bonds is 6. The molecule has 1 aliphatic carbocycles. The molecule has 1 saturated heterocycles. The van der Waals surface area contributed by atoms with Crippen LogP contribution in [-0.4, -0.2) is 47.6 Å². The highest BCUT2D eigenvalue weighted by atomic mass is 16.5. The third kappa shape index (κ3) is 4.44. The van der Waals surface area contributed by atoms with E-state index in [2.05, 4.69) is 10.3 Å². The molecule has 1 aliphatic heterocycles. The third-order valence-corrected chi connectivity index (χ3v) is 4.39. The first-order valence-corrected chi connectivity index (χ1v) is 8.76. The van der Waals surface area contributed by atoms with Crippen molar-refractivity contribution in [1.29, 1.82) is 0 Å². The fraction of sp³-hybridized carbons (Fsp3) is 0.667. The Balaban J connectivity index is 1.64. The topological polar surface area (TPSA) is 54.5 Å². The van der Waals surface area contributed by atoms with Crippen LogP contribution in [0.5, 0.6) is 0 Å². The summed E-state index contributed by atoms with van der Waals surface area (Å²) >= 11 is 0. The van der Waals surface area contributed by atoms with Crippen molar-refractivity contribution in [3.63, 3.8) is 0 Å². The lowest BCUT2D eigenvalue weighted by molar-refractivity contribution is -0.00240. The van der Waals surface area contributed by atoms with Crippen LogP contribution in [0.15, 0.2) is 18.3 Å². The molecular formula is C18H27N3O2. The van der Waals surface area contributed by atoms with Crippen LogP contribution in [0.25, 0.3) is 0 Å². The molecule has 2 aliphatic rings. The molecule has 0 bridgehead atoms. The summed E-state index contributed by atoms with van der Waals surface area (Å²) in [6.45, 7) is 6.45. The van der Waals surface area contributed by atoms with Crippen LogP contribution in [0.3, 0.4) is 0 Å². The largest absolute Gasteiger partial charge is 0.376 e. The van der Waals surface area contributed by atoms with Crippen LogP contribution in [0.4, 0.5) is 5.82 Å². The number of hydrogen-bond donors (Lipinski definition) is 1. The van der Waals surface area contributed by atoms with Crippen molar-refractivity contribution in [3.8, 4) is 0 Å². The highest BCUT2D eigenvalue weighted by molar-refractivity contribution is 5.98. The first-order valence-electron chi connectivity index (χ1n) is 8.76. The number of nitrogens with zero attached hydrogens (tertiary/aromatic N) is 2. The molecule has 126 valence electrons. The molecular weight excluding hydrogens is 290 g/mol. The van der Waals surface area contributed by atoms with Gasteiger partial charge in [-0.05, 0) is 57.6 Å². The minimum Gasteiger partial charge on any atom is -0.376 e. The molecule has 1 saturated carbocycles. The summed E-state index contributed by atoms with van der Waals surface area (Å²) in [5, 5.41) is 3.26. The van der Waals surface area contributed by atoms with Gasteiger partial charge in [0.15, 0.2) is 0 Å². The molecule has 1 amide bonds. The number of hydrogen-bond acceptors (Lipinski definition) is 4. The van der Waals surface area contributed by atoms with E-state index in [4.69, 9.17) is 4.74 Å². The third-order valence-electron chi connectivity index (χ3n) is 4.39. The average molecular weight is 317 g/mol. The van der Waals surface area contributed by atoms with Gasteiger partial charge in [0.2, 0.25) is 0 Å². The maximum absolute atomic E-state index is 12.9. The molecule has 3 rings (SSSR count). The number of carbonyl (C=O) groups is 1. The van der Waals surface area contributed by atoms with E-state index < -0.39 is 0 Å². The Morgan fingerprint density at radius 3 is 3.00 bits per heavy atom. The number of pyridine rings is 1. The number of nitrogens with one attached hydrogen (secondary N) is 1. The van der Waals surface area contributed by atoms with Crippen molar-refractivity contribution in [2.75, 3.05) is 25.0 Å². The summed E-state index contributed by atoms with van der Waals surface area (Å²) in [4.78, 5) is 19.1. The minimum absolute atomic E-state index is 0.0565. The van der Waals surface area contributed by atoms with Gasteiger partial charge in [0.1, 0.15) is 5.82 Å². The van der Waals surface area contributed by atoms with Gasteiger partial charge in [0.05, 0.1) is 11.7 Å². The maximum Gasteiger partial charge on any atom is 0.257 e. The fourth-order valence-electron chi connectivity index (χ4n) is 2.95. The highest BCUT2D eigenvalue weighted by Crippen LogP contribution is 2.30. The summed E-state index contributed by atoms with van der Waals surface area (Å²) in [7, 11) is 0. The first-order chi connectivity index (χ1) is 11.1. The lowest BCUT2D eigenvalue weighted by atomic mass is 10.1. The zero-order valence-electron chi connectivity index (χ0n) is 14.1. The fourth-order valence-corrected chi connectivity index (χ4v) is 2.95. The number of carbonyl (C=O) groups excluding carboxylic acids is 1. The van der Waals surface area contributed by atoms with E-state index in [9.17, 15) is 4.79 Å². The van der Waals surface area contributed by atoms with Crippen molar-refractivity contribution in [2.24, 2.45) is 5.92 Å². The Labute approximate surface area is 138 Å². The van der Waals surface area contributed by atoms with Crippen LogP contribution in [0.2, 0.25) is 0 Å². The zero-order valence-corrected chi connectivity index (χ0v) is 14.1. The van der Waals surface area contributed by atoms with Crippen molar-refractivity contribution < 1.29 is 9.53 Å². The number of likely N-dealkylation sites (tertiary alicyclic amines) is 1. The lowest BCUT2D eigenvalue weighted by Crippen LogP contribution is -2.43. The predicted molar refractivity (Wildman–Crippen MR) is 90.6 cm³/mol. The van der Waals surface area contributed by atoms with Gasteiger partial charge in [-0.2, -0.15) is 0 Å². The monoisotopic (exact) mass is 317 g/mol. The van der Waals surface area contributed by atoms with Crippen molar-refractivity contribution in [1.82, 2.24) is 9.88 Å². The normalized spacial score (nSPS) is 21.5. The van der Waals surface area contributed by atoms with Gasteiger partial charge in [-0.25, -0.2) is 4.98 Å². The molecule has 1 N–H and O–H groups in total. The number of aromatic nitrogens is 1. The van der Waals surface area contributed by atoms with Gasteiger partial charge in [0.25, 0.3) is 5.91 Å². The van der Waals surface area contributed by atoms with Gasteiger partial charge in [-0.3, -0.25) is 4.79 Å². The molecule has 23 heavy (non-hydrogen) atoms. The van der Waals surface area contributed by atoms with Crippen LogP contribution in [0.1, 0.15) is 49.9 Å². The van der Waals surface area contributed by atoms with Crippen LogP contribution in [-0.2, 0) is 4.74 Å². The Hall–Kier alpha value is -1.62. The standard InChI is InChI=1S/C18H27N3O2/c1-13(2)20-17-16(6-3-9-19-17)18(22)21-10-4-5-15(11-21)23-12-14-7-8-14/h3,6,9,13-15H,4-5,7-8,10-12H2,1-2H3,(H,19,20). The molecule has 0 spiro atoms.